The second-order valence-electron chi connectivity index (χ2n) is 6.65. The van der Waals surface area contributed by atoms with Crippen LogP contribution >= 0.6 is 40.3 Å². The van der Waals surface area contributed by atoms with E-state index >= 15 is 0 Å². The maximum atomic E-state index is 12.5. The van der Waals surface area contributed by atoms with Gasteiger partial charge in [0.15, 0.2) is 5.16 Å². The number of nitriles is 1. The Morgan fingerprint density at radius 1 is 1.29 bits per heavy atom. The number of fused-ring (bicyclic) bond motifs is 1. The number of rotatable bonds is 9. The summed E-state index contributed by atoms with van der Waals surface area (Å²) in [5, 5.41) is 11.8. The Kier molecular flexibility index (Phi) is 8.18. The molecule has 0 spiro atoms. The summed E-state index contributed by atoms with van der Waals surface area (Å²) in [6.07, 6.45) is 1.76. The average molecular weight is 518 g/mol. The first-order chi connectivity index (χ1) is 15.0. The second-order valence-corrected chi connectivity index (χ2v) is 8.77. The van der Waals surface area contributed by atoms with Gasteiger partial charge < -0.3 is 4.74 Å². The molecule has 3 aromatic rings. The molecule has 0 aliphatic rings. The summed E-state index contributed by atoms with van der Waals surface area (Å²) in [5.41, 5.74) is 1.45. The minimum Gasteiger partial charge on any atom is -0.466 e. The van der Waals surface area contributed by atoms with E-state index in [0.717, 1.165) is 21.1 Å². The number of carbonyl (C=O) groups excluding carboxylic acids is 2. The van der Waals surface area contributed by atoms with E-state index in [2.05, 4.69) is 39.6 Å². The van der Waals surface area contributed by atoms with Crippen molar-refractivity contribution in [2.24, 2.45) is 5.92 Å². The van der Waals surface area contributed by atoms with Crippen LogP contribution in [0.3, 0.4) is 0 Å². The number of Topliss-reactive ketones (excluding diaryl/α,β-unsaturated/α-hetero) is 1. The smallest absolute Gasteiger partial charge is 0.310 e. The number of hydrogen-bond donors (Lipinski definition) is 1. The van der Waals surface area contributed by atoms with Gasteiger partial charge >= 0.3 is 5.97 Å². The van der Waals surface area contributed by atoms with Crippen LogP contribution in [0.4, 0.5) is 0 Å². The van der Waals surface area contributed by atoms with Crippen molar-refractivity contribution in [3.05, 3.63) is 52.8 Å². The summed E-state index contributed by atoms with van der Waals surface area (Å²) in [4.78, 5) is 28.9. The van der Waals surface area contributed by atoms with Crippen molar-refractivity contribution in [1.82, 2.24) is 9.55 Å². The Hall–Kier alpha value is -2.28. The number of nitrogens with zero attached hydrogens (tertiary/aromatic N) is 3. The predicted molar refractivity (Wildman–Crippen MR) is 128 cm³/mol. The number of esters is 1. The number of imidazole rings is 1. The molecule has 6 nitrogen and oxygen atoms in total. The van der Waals surface area contributed by atoms with Crippen molar-refractivity contribution in [3.63, 3.8) is 0 Å². The van der Waals surface area contributed by atoms with Crippen LogP contribution in [0.5, 0.6) is 0 Å². The van der Waals surface area contributed by atoms with E-state index in [1.807, 2.05) is 34.9 Å². The lowest BCUT2D eigenvalue weighted by Crippen LogP contribution is -2.23. The fourth-order valence-electron chi connectivity index (χ4n) is 3.17. The van der Waals surface area contributed by atoms with E-state index in [4.69, 9.17) is 4.74 Å². The highest BCUT2D eigenvalue weighted by atomic mass is 79.9. The molecule has 160 valence electrons. The number of thiol groups is 1. The summed E-state index contributed by atoms with van der Waals surface area (Å²) in [6, 6.07) is 13.5. The summed E-state index contributed by atoms with van der Waals surface area (Å²) in [6.45, 7) is 2.01. The third-order valence-electron chi connectivity index (χ3n) is 4.63. The van der Waals surface area contributed by atoms with Gasteiger partial charge in [0, 0.05) is 22.9 Å². The number of carbonyl (C=O) groups is 2. The van der Waals surface area contributed by atoms with Crippen molar-refractivity contribution in [2.75, 3.05) is 18.1 Å². The Morgan fingerprint density at radius 2 is 2.03 bits per heavy atom. The van der Waals surface area contributed by atoms with Gasteiger partial charge in [-0.05, 0) is 35.0 Å². The fraction of sp³-hybridized carbons (Fsp3) is 0.273. The highest BCUT2D eigenvalue weighted by Crippen LogP contribution is 2.32. The van der Waals surface area contributed by atoms with Crippen molar-refractivity contribution in [2.45, 2.75) is 18.5 Å². The number of hydrogen-bond acceptors (Lipinski definition) is 7. The molecule has 0 bridgehead atoms. The lowest BCUT2D eigenvalue weighted by atomic mass is 10.0. The third kappa shape index (κ3) is 5.32. The van der Waals surface area contributed by atoms with Crippen molar-refractivity contribution < 1.29 is 14.3 Å². The van der Waals surface area contributed by atoms with E-state index in [1.165, 1.54) is 11.8 Å². The molecule has 31 heavy (non-hydrogen) atoms. The molecular weight excluding hydrogens is 498 g/mol. The number of thioether (sulfide) groups is 1. The van der Waals surface area contributed by atoms with Gasteiger partial charge in [0.2, 0.25) is 0 Å². The summed E-state index contributed by atoms with van der Waals surface area (Å²) in [7, 11) is 0. The Labute approximate surface area is 198 Å². The van der Waals surface area contributed by atoms with Gasteiger partial charge in [0.1, 0.15) is 10.4 Å². The van der Waals surface area contributed by atoms with E-state index in [-0.39, 0.29) is 30.3 Å². The standard InChI is InChI=1S/C22H20BrN3O3S2/c1-2-29-21(28)15(12-30)9-16(27)13-31-22-25-11-20(23)26(22)19-8-7-14(10-24)17-5-3-4-6-18(17)19/h3-8,11,15,30H,2,9,12-13H2,1H3. The first-order valence-electron chi connectivity index (χ1n) is 9.57. The van der Waals surface area contributed by atoms with E-state index < -0.39 is 11.9 Å². The van der Waals surface area contributed by atoms with Crippen LogP contribution in [0.15, 0.2) is 52.4 Å². The molecule has 0 N–H and O–H groups in total. The average Bonchev–Trinajstić information content (AvgIpc) is 3.15. The fourth-order valence-corrected chi connectivity index (χ4v) is 4.89. The molecule has 0 saturated heterocycles. The maximum Gasteiger partial charge on any atom is 0.310 e. The van der Waals surface area contributed by atoms with Crippen molar-refractivity contribution >= 4 is 62.8 Å². The number of aromatic nitrogens is 2. The molecular formula is C22H20BrN3O3S2. The molecule has 2 aromatic carbocycles. The number of benzene rings is 2. The quantitative estimate of drug-likeness (QED) is 0.249. The number of halogens is 1. The Bertz CT molecular complexity index is 1160. The molecule has 0 aliphatic heterocycles. The monoisotopic (exact) mass is 517 g/mol. The molecule has 3 rings (SSSR count). The van der Waals surface area contributed by atoms with E-state index in [1.54, 1.807) is 19.2 Å². The zero-order valence-electron chi connectivity index (χ0n) is 16.7. The Balaban J connectivity index is 1.83. The van der Waals surface area contributed by atoms with Crippen molar-refractivity contribution in [3.8, 4) is 11.8 Å². The molecule has 1 unspecified atom stereocenters. The van der Waals surface area contributed by atoms with Gasteiger partial charge in [0.25, 0.3) is 0 Å². The molecule has 0 radical (unpaired) electrons. The first-order valence-corrected chi connectivity index (χ1v) is 12.0. The van der Waals surface area contributed by atoms with Gasteiger partial charge in [-0.1, -0.05) is 36.0 Å². The normalized spacial score (nSPS) is 11.8. The molecule has 1 heterocycles. The zero-order valence-corrected chi connectivity index (χ0v) is 20.0. The van der Waals surface area contributed by atoms with Gasteiger partial charge in [0.05, 0.1) is 41.8 Å². The lowest BCUT2D eigenvalue weighted by molar-refractivity contribution is -0.148. The third-order valence-corrected chi connectivity index (χ3v) is 6.64. The minimum absolute atomic E-state index is 0.0764. The molecule has 0 aliphatic carbocycles. The van der Waals surface area contributed by atoms with Crippen LogP contribution in [0.25, 0.3) is 16.5 Å². The summed E-state index contributed by atoms with van der Waals surface area (Å²) < 4.78 is 7.65. The van der Waals surface area contributed by atoms with E-state index in [0.29, 0.717) is 10.7 Å². The second kappa shape index (κ2) is 10.8. The van der Waals surface area contributed by atoms with Crippen LogP contribution in [0.1, 0.15) is 18.9 Å². The summed E-state index contributed by atoms with van der Waals surface area (Å²) in [5.74, 6) is -0.601. The largest absolute Gasteiger partial charge is 0.466 e. The van der Waals surface area contributed by atoms with Crippen LogP contribution in [-0.4, -0.2) is 39.4 Å². The molecule has 0 fully saturated rings. The van der Waals surface area contributed by atoms with Crippen molar-refractivity contribution in [1.29, 1.82) is 5.26 Å². The van der Waals surface area contributed by atoms with Crippen LogP contribution in [0, 0.1) is 17.2 Å². The zero-order chi connectivity index (χ0) is 22.4. The van der Waals surface area contributed by atoms with Crippen LogP contribution in [-0.2, 0) is 14.3 Å². The SMILES string of the molecule is CCOC(=O)C(CS)CC(=O)CSc1ncc(Br)n1-c1ccc(C#N)c2ccccc12. The molecule has 0 saturated carbocycles. The molecule has 1 aromatic heterocycles. The number of ketones is 1. The lowest BCUT2D eigenvalue weighted by Gasteiger charge is -2.14. The van der Waals surface area contributed by atoms with Gasteiger partial charge in [-0.3, -0.25) is 14.2 Å². The molecule has 0 amide bonds. The highest BCUT2D eigenvalue weighted by Gasteiger charge is 2.22. The minimum atomic E-state index is -0.551. The van der Waals surface area contributed by atoms with Crippen LogP contribution in [0.2, 0.25) is 0 Å². The van der Waals surface area contributed by atoms with Gasteiger partial charge in [-0.2, -0.15) is 17.9 Å². The van der Waals surface area contributed by atoms with E-state index in [9.17, 15) is 14.9 Å². The molecule has 1 atom stereocenters. The van der Waals surface area contributed by atoms with Crippen LogP contribution < -0.4 is 0 Å². The summed E-state index contributed by atoms with van der Waals surface area (Å²) >= 11 is 9.01. The maximum absolute atomic E-state index is 12.5. The van der Waals surface area contributed by atoms with Gasteiger partial charge in [-0.15, -0.1) is 0 Å². The topological polar surface area (TPSA) is 85.0 Å². The molecule has 9 heteroatoms. The highest BCUT2D eigenvalue weighted by molar-refractivity contribution is 9.10. The first kappa shape index (κ1) is 23.4. The van der Waals surface area contributed by atoms with Gasteiger partial charge in [-0.25, -0.2) is 4.98 Å². The Morgan fingerprint density at radius 3 is 2.71 bits per heavy atom. The predicted octanol–water partition coefficient (Wildman–Crippen LogP) is 4.82. The number of ether oxygens (including phenoxy) is 1.